The van der Waals surface area contributed by atoms with Crippen molar-refractivity contribution in [2.24, 2.45) is 0 Å². The molecule has 0 aromatic carbocycles. The molecule has 0 radical (unpaired) electrons. The number of aryl methyl sites for hydroxylation is 1. The monoisotopic (exact) mass is 460 g/mol. The van der Waals surface area contributed by atoms with Crippen molar-refractivity contribution < 1.29 is 31.9 Å². The molecule has 7 nitrogen and oxygen atoms in total. The molecule has 1 atom stereocenters. The van der Waals surface area contributed by atoms with Gasteiger partial charge < -0.3 is 15.2 Å². The Hall–Kier alpha value is -2.95. The number of carbonyl (C=O) groups excluding carboxylic acids is 3. The highest BCUT2D eigenvalue weighted by atomic mass is 35.5. The average Bonchev–Trinajstić information content (AvgIpc) is 3.22. The first-order valence-electron chi connectivity index (χ1n) is 9.18. The SMILES string of the molecule is Cc1cc(NC(=O)c2c(Cl)c(C(=O)C(=O)N[C@H](C)C(F)(F)F)n3c2CCC3)cnc1F. The lowest BCUT2D eigenvalue weighted by molar-refractivity contribution is -0.156. The van der Waals surface area contributed by atoms with Gasteiger partial charge in [0.05, 0.1) is 22.5 Å². The lowest BCUT2D eigenvalue weighted by Crippen LogP contribution is -2.46. The highest BCUT2D eigenvalue weighted by molar-refractivity contribution is 6.48. The molecule has 1 aliphatic rings. The number of nitrogens with one attached hydrogen (secondary N) is 2. The number of nitrogens with zero attached hydrogens (tertiary/aromatic N) is 2. The summed E-state index contributed by atoms with van der Waals surface area (Å²) in [5.74, 6) is -4.17. The van der Waals surface area contributed by atoms with Crippen LogP contribution in [0.4, 0.5) is 23.2 Å². The number of Topliss-reactive ketones (excluding diaryl/α,β-unsaturated/α-hetero) is 1. The smallest absolute Gasteiger partial charge is 0.340 e. The molecule has 31 heavy (non-hydrogen) atoms. The first-order chi connectivity index (χ1) is 14.4. The summed E-state index contributed by atoms with van der Waals surface area (Å²) in [5.41, 5.74) is 0.343. The van der Waals surface area contributed by atoms with E-state index in [9.17, 15) is 31.9 Å². The van der Waals surface area contributed by atoms with E-state index < -0.39 is 35.8 Å². The van der Waals surface area contributed by atoms with E-state index in [-0.39, 0.29) is 34.1 Å². The first kappa shape index (κ1) is 22.7. The predicted octanol–water partition coefficient (Wildman–Crippen LogP) is 3.43. The second-order valence-electron chi connectivity index (χ2n) is 7.09. The van der Waals surface area contributed by atoms with Crippen molar-refractivity contribution in [3.05, 3.63) is 45.7 Å². The minimum absolute atomic E-state index is 0.0684. The van der Waals surface area contributed by atoms with E-state index >= 15 is 0 Å². The summed E-state index contributed by atoms with van der Waals surface area (Å²) in [6.45, 7) is 2.42. The topological polar surface area (TPSA) is 93.1 Å². The standard InChI is InChI=1S/C19H17ClF4N4O3/c1-8-6-10(7-25-16(8)21)27-17(30)12-11-4-3-5-28(11)14(13(12)20)15(29)18(31)26-9(2)19(22,23)24/h6-7,9H,3-5H2,1-2H3,(H,26,31)(H,27,30)/t9-/m1/s1. The molecule has 0 saturated carbocycles. The van der Waals surface area contributed by atoms with Crippen molar-refractivity contribution in [3.63, 3.8) is 0 Å². The highest BCUT2D eigenvalue weighted by Crippen LogP contribution is 2.34. The quantitative estimate of drug-likeness (QED) is 0.309. The molecule has 1 aliphatic heterocycles. The van der Waals surface area contributed by atoms with E-state index in [4.69, 9.17) is 11.6 Å². The molecule has 2 aromatic rings. The van der Waals surface area contributed by atoms with Gasteiger partial charge in [0, 0.05) is 17.8 Å². The fourth-order valence-corrected chi connectivity index (χ4v) is 3.65. The van der Waals surface area contributed by atoms with Gasteiger partial charge in [0.15, 0.2) is 0 Å². The van der Waals surface area contributed by atoms with Crippen LogP contribution in [0.3, 0.4) is 0 Å². The Balaban J connectivity index is 1.91. The van der Waals surface area contributed by atoms with Gasteiger partial charge in [-0.2, -0.15) is 17.6 Å². The number of hydrogen-bond donors (Lipinski definition) is 2. The molecule has 3 rings (SSSR count). The maximum atomic E-state index is 13.3. The molecule has 0 unspecified atom stereocenters. The molecule has 3 heterocycles. The van der Waals surface area contributed by atoms with Gasteiger partial charge in [-0.25, -0.2) is 4.98 Å². The number of aromatic nitrogens is 2. The van der Waals surface area contributed by atoms with Gasteiger partial charge >= 0.3 is 6.18 Å². The lowest BCUT2D eigenvalue weighted by atomic mass is 10.1. The normalized spacial score (nSPS) is 14.2. The van der Waals surface area contributed by atoms with Crippen LogP contribution in [0.15, 0.2) is 12.3 Å². The number of amides is 2. The van der Waals surface area contributed by atoms with Gasteiger partial charge in [-0.05, 0) is 32.8 Å². The summed E-state index contributed by atoms with van der Waals surface area (Å²) in [5, 5.41) is 3.77. The van der Waals surface area contributed by atoms with Crippen LogP contribution >= 0.6 is 11.6 Å². The number of fused-ring (bicyclic) bond motifs is 1. The molecule has 0 spiro atoms. The van der Waals surface area contributed by atoms with Crippen LogP contribution in [0.5, 0.6) is 0 Å². The molecule has 0 aliphatic carbocycles. The van der Waals surface area contributed by atoms with Crippen LogP contribution < -0.4 is 10.6 Å². The average molecular weight is 461 g/mol. The summed E-state index contributed by atoms with van der Waals surface area (Å²) in [7, 11) is 0. The van der Waals surface area contributed by atoms with Gasteiger partial charge in [0.25, 0.3) is 17.6 Å². The zero-order valence-electron chi connectivity index (χ0n) is 16.4. The molecule has 0 bridgehead atoms. The van der Waals surface area contributed by atoms with Crippen molar-refractivity contribution in [3.8, 4) is 0 Å². The summed E-state index contributed by atoms with van der Waals surface area (Å²) in [4.78, 5) is 41.0. The second-order valence-corrected chi connectivity index (χ2v) is 7.47. The Kier molecular flexibility index (Phi) is 6.08. The number of halogens is 5. The van der Waals surface area contributed by atoms with Crippen molar-refractivity contribution in [2.75, 3.05) is 5.32 Å². The number of pyridine rings is 1. The van der Waals surface area contributed by atoms with Crippen molar-refractivity contribution in [1.82, 2.24) is 14.9 Å². The molecular weight excluding hydrogens is 444 g/mol. The predicted molar refractivity (Wildman–Crippen MR) is 103 cm³/mol. The maximum Gasteiger partial charge on any atom is 0.408 e. The first-order valence-corrected chi connectivity index (χ1v) is 9.55. The van der Waals surface area contributed by atoms with Crippen LogP contribution in [0.2, 0.25) is 5.02 Å². The Morgan fingerprint density at radius 3 is 2.58 bits per heavy atom. The van der Waals surface area contributed by atoms with E-state index in [0.29, 0.717) is 25.5 Å². The van der Waals surface area contributed by atoms with E-state index in [1.165, 1.54) is 17.6 Å². The molecule has 2 aromatic heterocycles. The van der Waals surface area contributed by atoms with Crippen LogP contribution in [0.25, 0.3) is 0 Å². The summed E-state index contributed by atoms with van der Waals surface area (Å²) in [6.07, 6.45) is -2.71. The minimum atomic E-state index is -4.73. The number of rotatable bonds is 5. The molecule has 12 heteroatoms. The zero-order chi connectivity index (χ0) is 23.1. The van der Waals surface area contributed by atoms with Crippen LogP contribution in [0.1, 0.15) is 45.4 Å². The third kappa shape index (κ3) is 4.41. The number of hydrogen-bond acceptors (Lipinski definition) is 4. The molecule has 2 amide bonds. The second kappa shape index (κ2) is 8.29. The fraction of sp³-hybridized carbons (Fsp3) is 0.368. The lowest BCUT2D eigenvalue weighted by Gasteiger charge is -2.16. The summed E-state index contributed by atoms with van der Waals surface area (Å²) in [6, 6.07) is -0.893. The van der Waals surface area contributed by atoms with Gasteiger partial charge in [-0.1, -0.05) is 11.6 Å². The molecule has 0 saturated heterocycles. The Morgan fingerprint density at radius 1 is 1.29 bits per heavy atom. The zero-order valence-corrected chi connectivity index (χ0v) is 17.1. The van der Waals surface area contributed by atoms with Crippen molar-refractivity contribution in [1.29, 1.82) is 0 Å². The molecule has 166 valence electrons. The Labute approximate surface area is 178 Å². The summed E-state index contributed by atoms with van der Waals surface area (Å²) < 4.78 is 52.8. The van der Waals surface area contributed by atoms with Crippen LogP contribution in [0, 0.1) is 12.9 Å². The number of anilines is 1. The largest absolute Gasteiger partial charge is 0.408 e. The van der Waals surface area contributed by atoms with Gasteiger partial charge in [0.2, 0.25) is 5.95 Å². The Morgan fingerprint density at radius 2 is 1.97 bits per heavy atom. The van der Waals surface area contributed by atoms with Gasteiger partial charge in [-0.3, -0.25) is 14.4 Å². The summed E-state index contributed by atoms with van der Waals surface area (Å²) >= 11 is 6.25. The number of ketones is 1. The van der Waals surface area contributed by atoms with E-state index in [1.807, 2.05) is 0 Å². The molecular formula is C19H17ClF4N4O3. The maximum absolute atomic E-state index is 13.3. The number of carbonyl (C=O) groups is 3. The van der Waals surface area contributed by atoms with Gasteiger partial charge in [-0.15, -0.1) is 0 Å². The number of alkyl halides is 3. The highest BCUT2D eigenvalue weighted by Gasteiger charge is 2.40. The molecule has 2 N–H and O–H groups in total. The van der Waals surface area contributed by atoms with E-state index in [0.717, 1.165) is 6.20 Å². The van der Waals surface area contributed by atoms with E-state index in [2.05, 4.69) is 10.3 Å². The fourth-order valence-electron chi connectivity index (χ4n) is 3.27. The van der Waals surface area contributed by atoms with E-state index in [1.54, 1.807) is 5.32 Å². The van der Waals surface area contributed by atoms with Crippen molar-refractivity contribution in [2.45, 2.75) is 45.5 Å². The van der Waals surface area contributed by atoms with Crippen LogP contribution in [-0.2, 0) is 17.8 Å². The molecule has 0 fully saturated rings. The Bertz CT molecular complexity index is 1080. The van der Waals surface area contributed by atoms with Crippen molar-refractivity contribution >= 4 is 34.9 Å². The van der Waals surface area contributed by atoms with Gasteiger partial charge in [0.1, 0.15) is 11.7 Å². The van der Waals surface area contributed by atoms with Crippen LogP contribution in [-0.4, -0.2) is 39.4 Å². The minimum Gasteiger partial charge on any atom is -0.340 e. The third-order valence-corrected chi connectivity index (χ3v) is 5.23. The third-order valence-electron chi connectivity index (χ3n) is 4.87.